The fourth-order valence-electron chi connectivity index (χ4n) is 6.83. The summed E-state index contributed by atoms with van der Waals surface area (Å²) in [6, 6.07) is 20.7. The maximum atomic E-state index is 13.0. The van der Waals surface area contributed by atoms with Crippen molar-refractivity contribution >= 4 is 11.9 Å². The Balaban J connectivity index is 0.000000415. The number of carboxylic acids is 1. The van der Waals surface area contributed by atoms with Gasteiger partial charge in [-0.15, -0.1) is 0 Å². The van der Waals surface area contributed by atoms with Crippen LogP contribution in [-0.4, -0.2) is 47.8 Å². The number of alkyl halides is 6. The van der Waals surface area contributed by atoms with Crippen LogP contribution in [0.5, 0.6) is 11.5 Å². The summed E-state index contributed by atoms with van der Waals surface area (Å²) >= 11 is 0. The van der Waals surface area contributed by atoms with Crippen LogP contribution in [0, 0.1) is 23.7 Å². The van der Waals surface area contributed by atoms with Crippen LogP contribution < -0.4 is 28.3 Å². The first kappa shape index (κ1) is 54.7. The van der Waals surface area contributed by atoms with Crippen LogP contribution in [-0.2, 0) is 26.7 Å². The zero-order valence-corrected chi connectivity index (χ0v) is 36.6. The topological polar surface area (TPSA) is 144 Å². The van der Waals surface area contributed by atoms with Crippen molar-refractivity contribution in [3.63, 3.8) is 0 Å². The second-order valence-corrected chi connectivity index (χ2v) is 16.6. The molecule has 0 saturated heterocycles. The van der Waals surface area contributed by atoms with E-state index >= 15 is 0 Å². The molecule has 2 aliphatic carbocycles. The second kappa shape index (κ2) is 24.0. The van der Waals surface area contributed by atoms with Crippen molar-refractivity contribution < 1.29 is 85.1 Å². The molecule has 0 aliphatic heterocycles. The molecule has 4 aromatic carbocycles. The van der Waals surface area contributed by atoms with Gasteiger partial charge in [-0.25, -0.2) is 0 Å². The van der Waals surface area contributed by atoms with Crippen LogP contribution in [0.4, 0.5) is 26.3 Å². The molecule has 2 atom stereocenters. The van der Waals surface area contributed by atoms with Crippen molar-refractivity contribution in [1.82, 2.24) is 0 Å². The van der Waals surface area contributed by atoms with Gasteiger partial charge in [-0.05, 0) is 140 Å². The number of carboxylic acid groups (broad SMARTS) is 1. The van der Waals surface area contributed by atoms with Crippen molar-refractivity contribution in [3.8, 4) is 33.8 Å². The molecule has 0 radical (unpaired) electrons. The molecule has 2 aliphatic rings. The molecule has 0 heterocycles. The summed E-state index contributed by atoms with van der Waals surface area (Å²) in [4.78, 5) is 24.4. The maximum Gasteiger partial charge on any atom is 1.00 e. The molecule has 8 nitrogen and oxygen atoms in total. The fraction of sp³-hybridized carbons (Fsp3) is 0.458. The normalized spacial score (nSPS) is 14.5. The first-order valence-electron chi connectivity index (χ1n) is 20.6. The molecule has 4 N–H and O–H groups in total. The fourth-order valence-corrected chi connectivity index (χ4v) is 6.83. The zero-order valence-electron chi connectivity index (χ0n) is 36.6. The van der Waals surface area contributed by atoms with Gasteiger partial charge in [0.05, 0.1) is 42.8 Å². The number of benzene rings is 4. The summed E-state index contributed by atoms with van der Waals surface area (Å²) in [7, 11) is 0. The third-order valence-electron chi connectivity index (χ3n) is 10.5. The van der Waals surface area contributed by atoms with E-state index in [4.69, 9.17) is 14.2 Å². The Morgan fingerprint density at radius 2 is 1.00 bits per heavy atom. The summed E-state index contributed by atoms with van der Waals surface area (Å²) in [6.45, 7) is 11.2. The standard InChI is InChI=1S/C25H29F3O3.C23H25F3O3.Li.2H2O/c1-4-30-24(29)22(13-16(2)3)19-9-12-23(31-15-17-5-6-17)21(14-19)18-7-10-20(11-8-18)25(26,27)28;1-14(2)11-20(22(27)28)17-7-10-21(29-13-15-3-4-15)19(12-17)16-5-8-18(9-6-16)23(24,25)26;;;/h7-12,14,16-17,22H,4-6,13,15H2,1-3H3;5-10,12,14-15,20H,3-4,11,13H2,1-2H3,(H,27,28);;2*1H2/q;;+1;;/p-1. The molecule has 0 amide bonds. The minimum atomic E-state index is -4.41. The van der Waals surface area contributed by atoms with Crippen molar-refractivity contribution in [3.05, 3.63) is 107 Å². The van der Waals surface area contributed by atoms with Crippen LogP contribution in [0.15, 0.2) is 84.9 Å². The van der Waals surface area contributed by atoms with Gasteiger partial charge < -0.3 is 30.3 Å². The second-order valence-electron chi connectivity index (χ2n) is 16.6. The van der Waals surface area contributed by atoms with Gasteiger partial charge in [0.15, 0.2) is 0 Å². The Morgan fingerprint density at radius 3 is 1.32 bits per heavy atom. The molecule has 0 spiro atoms. The third-order valence-corrected chi connectivity index (χ3v) is 10.5. The van der Waals surface area contributed by atoms with Crippen LogP contribution >= 0.6 is 0 Å². The quantitative estimate of drug-likeness (QED) is 0.0633. The van der Waals surface area contributed by atoms with Crippen molar-refractivity contribution in [1.29, 1.82) is 0 Å². The Labute approximate surface area is 377 Å². The Kier molecular flexibility index (Phi) is 20.8. The Bertz CT molecular complexity index is 2040. The van der Waals surface area contributed by atoms with Crippen molar-refractivity contribution in [2.45, 2.75) is 97.3 Å². The van der Waals surface area contributed by atoms with Crippen LogP contribution in [0.1, 0.15) is 107 Å². The molecule has 340 valence electrons. The van der Waals surface area contributed by atoms with Gasteiger partial charge >= 0.3 is 43.2 Å². The van der Waals surface area contributed by atoms with E-state index in [-0.39, 0.29) is 47.6 Å². The van der Waals surface area contributed by atoms with Crippen LogP contribution in [0.3, 0.4) is 0 Å². The number of hydrogen-bond donors (Lipinski definition) is 1. The monoisotopic (exact) mass is 882 g/mol. The number of ether oxygens (including phenoxy) is 3. The molecule has 63 heavy (non-hydrogen) atoms. The number of carbonyl (C=O) groups excluding carboxylic acids is 1. The molecular formula is C48H57F6LiO8. The van der Waals surface area contributed by atoms with Crippen LogP contribution in [0.2, 0.25) is 0 Å². The maximum absolute atomic E-state index is 13.0. The minimum absolute atomic E-state index is 0. The number of carbonyl (C=O) groups is 2. The number of aliphatic carboxylic acids is 1. The van der Waals surface area contributed by atoms with Gasteiger partial charge in [-0.1, -0.05) is 64.1 Å². The SMILES string of the molecule is CC(C)CC(C(=O)O)c1ccc(OCC2CC2)c(-c2ccc(C(F)(F)F)cc2)c1.CCOC(=O)C(CC(C)C)c1ccc(OCC2CC2)c(-c2ccc(C(F)(F)F)cc2)c1.O.[Li+].[OH-]. The predicted octanol–water partition coefficient (Wildman–Crippen LogP) is 9.23. The number of halogens is 6. The average Bonchev–Trinajstić information content (AvgIpc) is 4.14. The van der Waals surface area contributed by atoms with Gasteiger partial charge in [0.25, 0.3) is 0 Å². The smallest absolute Gasteiger partial charge is 0.870 e. The van der Waals surface area contributed by atoms with E-state index in [1.165, 1.54) is 24.3 Å². The average molecular weight is 883 g/mol. The van der Waals surface area contributed by atoms with E-state index in [2.05, 4.69) is 0 Å². The number of rotatable bonds is 17. The molecule has 2 fully saturated rings. The van der Waals surface area contributed by atoms with Gasteiger partial charge in [0.2, 0.25) is 0 Å². The van der Waals surface area contributed by atoms with E-state index in [9.17, 15) is 41.0 Å². The Hall–Kier alpha value is -4.48. The first-order chi connectivity index (χ1) is 28.3. The van der Waals surface area contributed by atoms with Gasteiger partial charge in [-0.3, -0.25) is 9.59 Å². The van der Waals surface area contributed by atoms with Gasteiger partial charge in [0.1, 0.15) is 11.5 Å². The molecule has 0 aromatic heterocycles. The summed E-state index contributed by atoms with van der Waals surface area (Å²) in [5.74, 6) is 0.371. The van der Waals surface area contributed by atoms with E-state index in [1.54, 1.807) is 25.1 Å². The first-order valence-corrected chi connectivity index (χ1v) is 20.6. The molecule has 6 rings (SSSR count). The van der Waals surface area contributed by atoms with Crippen LogP contribution in [0.25, 0.3) is 22.3 Å². The molecule has 4 aromatic rings. The Morgan fingerprint density at radius 1 is 0.635 bits per heavy atom. The van der Waals surface area contributed by atoms with E-state index < -0.39 is 41.3 Å². The molecular weight excluding hydrogens is 825 g/mol. The van der Waals surface area contributed by atoms with Gasteiger partial charge in [0, 0.05) is 11.1 Å². The minimum Gasteiger partial charge on any atom is -0.870 e. The zero-order chi connectivity index (χ0) is 43.8. The van der Waals surface area contributed by atoms with E-state index in [1.807, 2.05) is 45.9 Å². The van der Waals surface area contributed by atoms with E-state index in [0.29, 0.717) is 83.8 Å². The molecule has 0 bridgehead atoms. The number of esters is 1. The summed E-state index contributed by atoms with van der Waals surface area (Å²) in [5, 5.41) is 9.66. The third kappa shape index (κ3) is 16.2. The van der Waals surface area contributed by atoms with Gasteiger partial charge in [-0.2, -0.15) is 26.3 Å². The molecule has 2 unspecified atom stereocenters. The van der Waals surface area contributed by atoms with Crippen molar-refractivity contribution in [2.75, 3.05) is 19.8 Å². The number of hydrogen-bond acceptors (Lipinski definition) is 6. The summed E-state index contributed by atoms with van der Waals surface area (Å²) in [5.41, 5.74) is 2.47. The summed E-state index contributed by atoms with van der Waals surface area (Å²) in [6.07, 6.45) is -3.21. The summed E-state index contributed by atoms with van der Waals surface area (Å²) < 4.78 is 94.9. The molecule has 2 saturated carbocycles. The van der Waals surface area contributed by atoms with Crippen molar-refractivity contribution in [2.24, 2.45) is 23.7 Å². The predicted molar refractivity (Wildman–Crippen MR) is 224 cm³/mol. The largest absolute Gasteiger partial charge is 1.00 e. The van der Waals surface area contributed by atoms with E-state index in [0.717, 1.165) is 55.5 Å². The molecule has 15 heteroatoms.